The van der Waals surface area contributed by atoms with Gasteiger partial charge in [-0.2, -0.15) is 0 Å². The molecule has 0 fully saturated rings. The molecule has 0 saturated carbocycles. The van der Waals surface area contributed by atoms with Crippen LogP contribution in [0.5, 0.6) is 0 Å². The van der Waals surface area contributed by atoms with Crippen LogP contribution in [0.4, 0.5) is 5.69 Å². The lowest BCUT2D eigenvalue weighted by Gasteiger charge is -2.15. The third-order valence-electron chi connectivity index (χ3n) is 3.79. The summed E-state index contributed by atoms with van der Waals surface area (Å²) < 4.78 is 2.18. The number of hydrogen-bond acceptors (Lipinski definition) is 2. The lowest BCUT2D eigenvalue weighted by atomic mass is 10.1. The summed E-state index contributed by atoms with van der Waals surface area (Å²) in [6.07, 6.45) is 0. The fourth-order valence-corrected chi connectivity index (χ4v) is 2.96. The van der Waals surface area contributed by atoms with E-state index >= 15 is 0 Å². The smallest absolute Gasteiger partial charge is 0.141 e. The Hall–Kier alpha value is -2.00. The van der Waals surface area contributed by atoms with Gasteiger partial charge in [0.1, 0.15) is 5.82 Å². The van der Waals surface area contributed by atoms with Gasteiger partial charge in [-0.3, -0.25) is 0 Å². The predicted octanol–water partition coefficient (Wildman–Crippen LogP) is 4.83. The minimum absolute atomic E-state index is 0.255. The lowest BCUT2D eigenvalue weighted by Crippen LogP contribution is -2.05. The number of halogens is 1. The molecule has 21 heavy (non-hydrogen) atoms. The Labute approximate surface area is 129 Å². The lowest BCUT2D eigenvalue weighted by molar-refractivity contribution is 0.624. The van der Waals surface area contributed by atoms with E-state index < -0.39 is 0 Å². The van der Waals surface area contributed by atoms with Gasteiger partial charge in [-0.25, -0.2) is 4.98 Å². The van der Waals surface area contributed by atoms with E-state index in [1.165, 1.54) is 0 Å². The first kappa shape index (κ1) is 14.0. The van der Waals surface area contributed by atoms with E-state index in [4.69, 9.17) is 22.3 Å². The van der Waals surface area contributed by atoms with Crippen LogP contribution >= 0.6 is 11.6 Å². The number of nitrogens with two attached hydrogens (primary N) is 1. The molecule has 0 amide bonds. The van der Waals surface area contributed by atoms with Crippen LogP contribution in [0, 0.1) is 6.92 Å². The molecular weight excluding hydrogens is 282 g/mol. The second-order valence-electron chi connectivity index (χ2n) is 5.53. The fourth-order valence-electron chi connectivity index (χ4n) is 2.70. The number of imidazole rings is 1. The summed E-state index contributed by atoms with van der Waals surface area (Å²) in [7, 11) is 0. The molecule has 1 aromatic heterocycles. The number of benzene rings is 2. The van der Waals surface area contributed by atoms with Crippen LogP contribution in [0.3, 0.4) is 0 Å². The zero-order valence-electron chi connectivity index (χ0n) is 12.4. The van der Waals surface area contributed by atoms with Crippen molar-refractivity contribution in [3.63, 3.8) is 0 Å². The first-order valence-corrected chi connectivity index (χ1v) is 7.40. The van der Waals surface area contributed by atoms with Gasteiger partial charge in [0.2, 0.25) is 0 Å². The summed E-state index contributed by atoms with van der Waals surface area (Å²) >= 11 is 6.39. The van der Waals surface area contributed by atoms with Crippen molar-refractivity contribution in [3.8, 4) is 11.4 Å². The molecule has 0 aliphatic rings. The molecule has 0 saturated heterocycles. The Morgan fingerprint density at radius 3 is 2.57 bits per heavy atom. The zero-order valence-corrected chi connectivity index (χ0v) is 13.1. The van der Waals surface area contributed by atoms with Crippen LogP contribution in [0.2, 0.25) is 5.02 Å². The monoisotopic (exact) mass is 299 g/mol. The number of aromatic nitrogens is 2. The maximum Gasteiger partial charge on any atom is 0.141 e. The van der Waals surface area contributed by atoms with E-state index in [1.54, 1.807) is 0 Å². The van der Waals surface area contributed by atoms with Gasteiger partial charge in [0.25, 0.3) is 0 Å². The van der Waals surface area contributed by atoms with Gasteiger partial charge in [-0.1, -0.05) is 29.8 Å². The number of para-hydroxylation sites is 1. The van der Waals surface area contributed by atoms with E-state index in [1.807, 2.05) is 37.3 Å². The Kier molecular flexibility index (Phi) is 3.38. The summed E-state index contributed by atoms with van der Waals surface area (Å²) in [5.74, 6) is 0.915. The molecule has 3 aromatic rings. The van der Waals surface area contributed by atoms with Crippen molar-refractivity contribution in [2.75, 3.05) is 5.73 Å². The van der Waals surface area contributed by atoms with E-state index in [-0.39, 0.29) is 6.04 Å². The minimum Gasteiger partial charge on any atom is -0.398 e. The highest BCUT2D eigenvalue weighted by atomic mass is 35.5. The van der Waals surface area contributed by atoms with Crippen LogP contribution in [-0.4, -0.2) is 9.55 Å². The molecule has 3 rings (SSSR count). The van der Waals surface area contributed by atoms with Gasteiger partial charge >= 0.3 is 0 Å². The minimum atomic E-state index is 0.255. The highest BCUT2D eigenvalue weighted by molar-refractivity contribution is 6.35. The summed E-state index contributed by atoms with van der Waals surface area (Å²) in [6, 6.07) is 12.0. The molecule has 2 aromatic carbocycles. The van der Waals surface area contributed by atoms with E-state index in [9.17, 15) is 0 Å². The number of anilines is 1. The first-order valence-electron chi connectivity index (χ1n) is 7.02. The third kappa shape index (κ3) is 2.18. The zero-order chi connectivity index (χ0) is 15.1. The highest BCUT2D eigenvalue weighted by Crippen LogP contribution is 2.34. The number of nitrogen functional groups attached to an aromatic ring is 1. The number of nitrogens with zero attached hydrogens (tertiary/aromatic N) is 2. The van der Waals surface area contributed by atoms with Crippen molar-refractivity contribution >= 4 is 28.3 Å². The Balaban J connectivity index is 2.40. The standard InChI is InChI=1S/C17H18ClN3/c1-10(2)21-16-13(18)7-5-9-15(16)20-17(21)12-6-4-8-14(19)11(12)3/h4-10H,19H2,1-3H3. The predicted molar refractivity (Wildman–Crippen MR) is 89.7 cm³/mol. The quantitative estimate of drug-likeness (QED) is 0.689. The first-order chi connectivity index (χ1) is 10.0. The van der Waals surface area contributed by atoms with Crippen molar-refractivity contribution in [1.29, 1.82) is 0 Å². The Morgan fingerprint density at radius 1 is 1.14 bits per heavy atom. The Bertz CT molecular complexity index is 818. The Morgan fingerprint density at radius 2 is 1.86 bits per heavy atom. The van der Waals surface area contributed by atoms with E-state index in [2.05, 4.69) is 24.5 Å². The van der Waals surface area contributed by atoms with Gasteiger partial charge in [-0.05, 0) is 44.5 Å². The van der Waals surface area contributed by atoms with Crippen molar-refractivity contribution in [3.05, 3.63) is 47.0 Å². The van der Waals surface area contributed by atoms with Crippen LogP contribution in [-0.2, 0) is 0 Å². The maximum absolute atomic E-state index is 6.39. The topological polar surface area (TPSA) is 43.8 Å². The molecule has 1 heterocycles. The summed E-state index contributed by atoms with van der Waals surface area (Å²) in [5.41, 5.74) is 10.8. The van der Waals surface area contributed by atoms with Gasteiger partial charge in [0.15, 0.2) is 0 Å². The van der Waals surface area contributed by atoms with Gasteiger partial charge < -0.3 is 10.3 Å². The van der Waals surface area contributed by atoms with Gasteiger partial charge in [-0.15, -0.1) is 0 Å². The highest BCUT2D eigenvalue weighted by Gasteiger charge is 2.18. The summed E-state index contributed by atoms with van der Waals surface area (Å²) in [4.78, 5) is 4.79. The van der Waals surface area contributed by atoms with Crippen LogP contribution in [0.1, 0.15) is 25.5 Å². The van der Waals surface area contributed by atoms with Crippen molar-refractivity contribution in [2.45, 2.75) is 26.8 Å². The molecule has 4 heteroatoms. The molecule has 0 radical (unpaired) electrons. The molecule has 0 atom stereocenters. The third-order valence-corrected chi connectivity index (χ3v) is 4.10. The van der Waals surface area contributed by atoms with Crippen LogP contribution < -0.4 is 5.73 Å². The molecule has 2 N–H and O–H groups in total. The van der Waals surface area contributed by atoms with Crippen molar-refractivity contribution in [2.24, 2.45) is 0 Å². The van der Waals surface area contributed by atoms with E-state index in [0.29, 0.717) is 0 Å². The van der Waals surface area contributed by atoms with Crippen LogP contribution in [0.15, 0.2) is 36.4 Å². The van der Waals surface area contributed by atoms with Crippen molar-refractivity contribution < 1.29 is 0 Å². The summed E-state index contributed by atoms with van der Waals surface area (Å²) in [6.45, 7) is 6.29. The van der Waals surface area contributed by atoms with Crippen LogP contribution in [0.25, 0.3) is 22.4 Å². The second kappa shape index (κ2) is 5.08. The molecule has 108 valence electrons. The SMILES string of the molecule is Cc1c(N)cccc1-c1nc2cccc(Cl)c2n1C(C)C. The molecule has 0 aliphatic carbocycles. The summed E-state index contributed by atoms with van der Waals surface area (Å²) in [5, 5.41) is 0.724. The number of fused-ring (bicyclic) bond motifs is 1. The molecule has 3 nitrogen and oxygen atoms in total. The molecule has 0 aliphatic heterocycles. The fraction of sp³-hybridized carbons (Fsp3) is 0.235. The second-order valence-corrected chi connectivity index (χ2v) is 5.93. The molecule has 0 unspecified atom stereocenters. The average molecular weight is 300 g/mol. The largest absolute Gasteiger partial charge is 0.398 e. The number of hydrogen-bond donors (Lipinski definition) is 1. The molecule has 0 bridgehead atoms. The van der Waals surface area contributed by atoms with Crippen molar-refractivity contribution in [1.82, 2.24) is 9.55 Å². The normalized spacial score (nSPS) is 11.5. The molecule has 0 spiro atoms. The average Bonchev–Trinajstić information content (AvgIpc) is 2.82. The van der Waals surface area contributed by atoms with Gasteiger partial charge in [0.05, 0.1) is 16.1 Å². The van der Waals surface area contributed by atoms with E-state index in [0.717, 1.165) is 38.7 Å². The number of rotatable bonds is 2. The molecular formula is C17H18ClN3. The van der Waals surface area contributed by atoms with Gasteiger partial charge in [0, 0.05) is 17.3 Å². The maximum atomic E-state index is 6.39.